The van der Waals surface area contributed by atoms with Crippen molar-refractivity contribution in [2.75, 3.05) is 56.2 Å². The molecule has 0 radical (unpaired) electrons. The van der Waals surface area contributed by atoms with Crippen LogP contribution in [0.4, 0.5) is 23.1 Å². The molecule has 4 N–H and O–H groups in total. The minimum Gasteiger partial charge on any atom is -0.379 e. The lowest BCUT2D eigenvalue weighted by atomic mass is 10.1. The summed E-state index contributed by atoms with van der Waals surface area (Å²) in [6.45, 7) is 6.83. The molecule has 0 amide bonds. The van der Waals surface area contributed by atoms with Crippen molar-refractivity contribution >= 4 is 45.0 Å². The number of ether oxygens (including phenoxy) is 1. The SMILES string of the molecule is Cc1nc(N)nc(-c2cc([C@@H](C)N3CCOCC3)cnc2Nc2cnc(Cl)c(NS(=O)(=O)N(C)C)c2)n1. The zero-order valence-corrected chi connectivity index (χ0v) is 22.5. The van der Waals surface area contributed by atoms with Gasteiger partial charge in [-0.3, -0.25) is 9.62 Å². The van der Waals surface area contributed by atoms with E-state index in [9.17, 15) is 8.42 Å². The van der Waals surface area contributed by atoms with E-state index in [1.54, 1.807) is 13.1 Å². The van der Waals surface area contributed by atoms with E-state index in [4.69, 9.17) is 22.1 Å². The third-order valence-electron chi connectivity index (χ3n) is 5.81. The first-order valence-electron chi connectivity index (χ1n) is 11.5. The van der Waals surface area contributed by atoms with Crippen molar-refractivity contribution in [1.82, 2.24) is 34.1 Å². The number of nitrogen functional groups attached to an aromatic ring is 1. The van der Waals surface area contributed by atoms with Crippen LogP contribution in [0.1, 0.15) is 24.4 Å². The van der Waals surface area contributed by atoms with Crippen LogP contribution in [0.15, 0.2) is 24.5 Å². The molecule has 198 valence electrons. The van der Waals surface area contributed by atoms with Crippen LogP contribution in [0.5, 0.6) is 0 Å². The third-order valence-corrected chi connectivity index (χ3v) is 7.55. The average molecular weight is 549 g/mol. The minimum atomic E-state index is -3.79. The summed E-state index contributed by atoms with van der Waals surface area (Å²) in [5, 5.41) is 3.18. The van der Waals surface area contributed by atoms with Crippen molar-refractivity contribution in [3.63, 3.8) is 0 Å². The fraction of sp³-hybridized carbons (Fsp3) is 0.409. The Kier molecular flexibility index (Phi) is 8.04. The molecule has 0 spiro atoms. The molecule has 0 aromatic carbocycles. The molecule has 1 atom stereocenters. The number of pyridine rings is 2. The number of aromatic nitrogens is 5. The number of nitrogens with two attached hydrogens (primary N) is 1. The Balaban J connectivity index is 1.73. The number of hydrogen-bond donors (Lipinski definition) is 3. The van der Waals surface area contributed by atoms with Crippen molar-refractivity contribution in [2.45, 2.75) is 19.9 Å². The number of rotatable bonds is 8. The first kappa shape index (κ1) is 26.9. The summed E-state index contributed by atoms with van der Waals surface area (Å²) in [5.41, 5.74) is 8.04. The Morgan fingerprint density at radius 1 is 1.14 bits per heavy atom. The highest BCUT2D eigenvalue weighted by Crippen LogP contribution is 2.32. The molecule has 1 aliphatic rings. The first-order chi connectivity index (χ1) is 17.5. The molecule has 3 aromatic rings. The van der Waals surface area contributed by atoms with Gasteiger partial charge in [-0.1, -0.05) is 11.6 Å². The van der Waals surface area contributed by atoms with Gasteiger partial charge in [0.15, 0.2) is 11.0 Å². The van der Waals surface area contributed by atoms with Crippen LogP contribution >= 0.6 is 11.6 Å². The van der Waals surface area contributed by atoms with Crippen LogP contribution in [0.2, 0.25) is 5.15 Å². The number of halogens is 1. The van der Waals surface area contributed by atoms with E-state index in [0.29, 0.717) is 41.9 Å². The van der Waals surface area contributed by atoms with Gasteiger partial charge in [-0.15, -0.1) is 0 Å². The van der Waals surface area contributed by atoms with Gasteiger partial charge in [0.1, 0.15) is 11.6 Å². The minimum absolute atomic E-state index is 0.000271. The summed E-state index contributed by atoms with van der Waals surface area (Å²) in [5.74, 6) is 1.34. The summed E-state index contributed by atoms with van der Waals surface area (Å²) in [7, 11) is -0.976. The number of nitrogens with zero attached hydrogens (tertiary/aromatic N) is 7. The Bertz CT molecular complexity index is 1360. The molecule has 0 bridgehead atoms. The van der Waals surface area contributed by atoms with Crippen LogP contribution in [-0.2, 0) is 14.9 Å². The molecule has 3 aromatic heterocycles. The normalized spacial score (nSPS) is 15.5. The molecule has 0 aliphatic carbocycles. The second-order valence-electron chi connectivity index (χ2n) is 8.63. The summed E-state index contributed by atoms with van der Waals surface area (Å²) in [4.78, 5) is 24.0. The smallest absolute Gasteiger partial charge is 0.301 e. The Labute approximate surface area is 220 Å². The highest BCUT2D eigenvalue weighted by molar-refractivity contribution is 7.90. The predicted octanol–water partition coefficient (Wildman–Crippen LogP) is 2.23. The van der Waals surface area contributed by atoms with E-state index in [1.807, 2.05) is 6.07 Å². The van der Waals surface area contributed by atoms with Crippen LogP contribution in [0.25, 0.3) is 11.4 Å². The molecule has 13 nitrogen and oxygen atoms in total. The van der Waals surface area contributed by atoms with Crippen LogP contribution in [0, 0.1) is 6.92 Å². The molecular formula is C22H29ClN10O3S. The van der Waals surface area contributed by atoms with Gasteiger partial charge in [0.25, 0.3) is 0 Å². The predicted molar refractivity (Wildman–Crippen MR) is 142 cm³/mol. The summed E-state index contributed by atoms with van der Waals surface area (Å²) >= 11 is 6.15. The molecule has 4 heterocycles. The average Bonchev–Trinajstić information content (AvgIpc) is 2.85. The van der Waals surface area contributed by atoms with E-state index in [0.717, 1.165) is 23.0 Å². The Morgan fingerprint density at radius 3 is 2.54 bits per heavy atom. The zero-order chi connectivity index (χ0) is 26.7. The largest absolute Gasteiger partial charge is 0.379 e. The van der Waals surface area contributed by atoms with Gasteiger partial charge >= 0.3 is 10.2 Å². The van der Waals surface area contributed by atoms with Gasteiger partial charge < -0.3 is 15.8 Å². The maximum atomic E-state index is 12.3. The van der Waals surface area contributed by atoms with Crippen molar-refractivity contribution in [3.8, 4) is 11.4 Å². The van der Waals surface area contributed by atoms with Crippen molar-refractivity contribution in [1.29, 1.82) is 0 Å². The first-order valence-corrected chi connectivity index (χ1v) is 13.3. The van der Waals surface area contributed by atoms with Crippen LogP contribution in [0.3, 0.4) is 0 Å². The number of hydrogen-bond acceptors (Lipinski definition) is 11. The Hall–Kier alpha value is -3.17. The van der Waals surface area contributed by atoms with E-state index in [-0.39, 0.29) is 22.8 Å². The summed E-state index contributed by atoms with van der Waals surface area (Å²) in [6, 6.07) is 3.57. The zero-order valence-electron chi connectivity index (χ0n) is 20.9. The molecule has 15 heteroatoms. The topological polar surface area (TPSA) is 164 Å². The molecule has 1 saturated heterocycles. The van der Waals surface area contributed by atoms with Gasteiger partial charge in [0.05, 0.1) is 36.3 Å². The second-order valence-corrected chi connectivity index (χ2v) is 10.9. The monoisotopic (exact) mass is 548 g/mol. The number of nitrogens with one attached hydrogen (secondary N) is 2. The molecular weight excluding hydrogens is 520 g/mol. The van der Waals surface area contributed by atoms with Gasteiger partial charge in [-0.05, 0) is 31.5 Å². The van der Waals surface area contributed by atoms with Crippen molar-refractivity contribution in [2.24, 2.45) is 0 Å². The van der Waals surface area contributed by atoms with Gasteiger partial charge in [0, 0.05) is 39.4 Å². The molecule has 0 unspecified atom stereocenters. The lowest BCUT2D eigenvalue weighted by Crippen LogP contribution is -2.38. The Morgan fingerprint density at radius 2 is 1.86 bits per heavy atom. The highest BCUT2D eigenvalue weighted by Gasteiger charge is 2.22. The maximum Gasteiger partial charge on any atom is 0.301 e. The van der Waals surface area contributed by atoms with E-state index >= 15 is 0 Å². The standard InChI is InChI=1S/C22H29ClN10O3S/c1-13(33-5-7-36-8-6-33)15-9-17(21-27-14(2)28-22(24)30-21)20(26-11-15)29-16-10-18(19(23)25-12-16)31-37(34,35)32(3)4/h9-13,31H,5-8H2,1-4H3,(H,26,29)(H2,24,27,28,30)/t13-/m1/s1. The van der Waals surface area contributed by atoms with Gasteiger partial charge in [-0.25, -0.2) is 15.0 Å². The lowest BCUT2D eigenvalue weighted by Gasteiger charge is -2.32. The number of anilines is 4. The molecule has 1 aliphatic heterocycles. The van der Waals surface area contributed by atoms with Crippen molar-refractivity contribution < 1.29 is 13.2 Å². The fourth-order valence-electron chi connectivity index (χ4n) is 3.73. The quantitative estimate of drug-likeness (QED) is 0.353. The number of aryl methyl sites for hydroxylation is 1. The molecule has 37 heavy (non-hydrogen) atoms. The van der Waals surface area contributed by atoms with Crippen LogP contribution in [-0.4, -0.2) is 82.9 Å². The third kappa shape index (κ3) is 6.40. The van der Waals surface area contributed by atoms with E-state index in [2.05, 4.69) is 46.8 Å². The van der Waals surface area contributed by atoms with Gasteiger partial charge in [-0.2, -0.15) is 22.7 Å². The number of morpholine rings is 1. The van der Waals surface area contributed by atoms with Gasteiger partial charge in [0.2, 0.25) is 5.95 Å². The summed E-state index contributed by atoms with van der Waals surface area (Å²) in [6.07, 6.45) is 3.25. The lowest BCUT2D eigenvalue weighted by molar-refractivity contribution is 0.0198. The molecule has 4 rings (SSSR count). The van der Waals surface area contributed by atoms with E-state index < -0.39 is 10.2 Å². The van der Waals surface area contributed by atoms with Crippen LogP contribution < -0.4 is 15.8 Å². The molecule has 1 fully saturated rings. The second kappa shape index (κ2) is 11.1. The summed E-state index contributed by atoms with van der Waals surface area (Å²) < 4.78 is 33.5. The highest BCUT2D eigenvalue weighted by atomic mass is 35.5. The fourth-order valence-corrected chi connectivity index (χ4v) is 4.56. The maximum absolute atomic E-state index is 12.3. The van der Waals surface area contributed by atoms with Crippen molar-refractivity contribution in [3.05, 3.63) is 41.1 Å². The molecule has 0 saturated carbocycles. The van der Waals surface area contributed by atoms with E-state index in [1.165, 1.54) is 26.4 Å².